The topological polar surface area (TPSA) is 50.7 Å². The van der Waals surface area contributed by atoms with Gasteiger partial charge in [0.15, 0.2) is 0 Å². The molecule has 0 spiro atoms. The van der Waals surface area contributed by atoms with Crippen LogP contribution >= 0.6 is 11.3 Å². The summed E-state index contributed by atoms with van der Waals surface area (Å²) in [5.41, 5.74) is 7.81. The van der Waals surface area contributed by atoms with Crippen LogP contribution in [0.2, 0.25) is 0 Å². The van der Waals surface area contributed by atoms with Crippen LogP contribution in [0.3, 0.4) is 0 Å². The number of aryl methyl sites for hydroxylation is 2. The van der Waals surface area contributed by atoms with E-state index < -0.39 is 0 Å². The zero-order valence-electron chi connectivity index (χ0n) is 15.1. The van der Waals surface area contributed by atoms with Crippen LogP contribution in [0, 0.1) is 6.92 Å². The van der Waals surface area contributed by atoms with Crippen LogP contribution in [0.15, 0.2) is 54.0 Å². The van der Waals surface area contributed by atoms with Gasteiger partial charge in [-0.15, -0.1) is 11.3 Å². The lowest BCUT2D eigenvalue weighted by Gasteiger charge is -2.27. The van der Waals surface area contributed by atoms with E-state index >= 15 is 0 Å². The highest BCUT2D eigenvalue weighted by Crippen LogP contribution is 2.33. The molecule has 5 rings (SSSR count). The van der Waals surface area contributed by atoms with Crippen molar-refractivity contribution in [1.82, 2.24) is 15.0 Å². The highest BCUT2D eigenvalue weighted by Gasteiger charge is 2.20. The molecule has 0 amide bonds. The monoisotopic (exact) mass is 372 g/mol. The van der Waals surface area contributed by atoms with Gasteiger partial charge in [0.05, 0.1) is 27.5 Å². The Morgan fingerprint density at radius 3 is 2.96 bits per heavy atom. The summed E-state index contributed by atoms with van der Waals surface area (Å²) in [5, 5.41) is 3.66. The summed E-state index contributed by atoms with van der Waals surface area (Å²) in [6, 6.07) is 17.4. The van der Waals surface area contributed by atoms with Gasteiger partial charge in [-0.1, -0.05) is 30.3 Å². The molecule has 1 aliphatic rings. The van der Waals surface area contributed by atoms with Crippen LogP contribution in [-0.2, 0) is 6.42 Å². The minimum absolute atomic E-state index is 0.307. The quantitative estimate of drug-likeness (QED) is 0.512. The molecule has 0 bridgehead atoms. The molecule has 0 radical (unpaired) electrons. The van der Waals surface area contributed by atoms with Gasteiger partial charge in [-0.3, -0.25) is 0 Å². The number of hydrogen-bond acceptors (Lipinski definition) is 5. The van der Waals surface area contributed by atoms with Crippen molar-refractivity contribution in [2.45, 2.75) is 32.2 Å². The molecular weight excluding hydrogens is 352 g/mol. The summed E-state index contributed by atoms with van der Waals surface area (Å²) in [7, 11) is 0. The van der Waals surface area contributed by atoms with Crippen LogP contribution in [0.5, 0.6) is 0 Å². The van der Waals surface area contributed by atoms with Crippen molar-refractivity contribution in [2.75, 3.05) is 5.32 Å². The molecule has 0 saturated heterocycles. The fraction of sp³-hybridized carbons (Fsp3) is 0.227. The number of hydrogen-bond donors (Lipinski definition) is 1. The molecule has 134 valence electrons. The SMILES string of the molecule is Cc1nc(NC2CCCc3ccccc32)cc(-c2ccc3ncsc3c2)n1. The fourth-order valence-electron chi connectivity index (χ4n) is 3.89. The van der Waals surface area contributed by atoms with Gasteiger partial charge in [-0.05, 0) is 49.4 Å². The van der Waals surface area contributed by atoms with Gasteiger partial charge in [0.2, 0.25) is 0 Å². The summed E-state index contributed by atoms with van der Waals surface area (Å²) in [4.78, 5) is 13.7. The summed E-state index contributed by atoms with van der Waals surface area (Å²) in [6.07, 6.45) is 3.49. The molecule has 1 atom stereocenters. The minimum atomic E-state index is 0.307. The highest BCUT2D eigenvalue weighted by atomic mass is 32.1. The standard InChI is InChI=1S/C22H20N4S/c1-14-24-20(16-9-10-19-21(11-16)27-13-23-19)12-22(25-14)26-18-8-4-6-15-5-2-3-7-17(15)18/h2-3,5,7,9-13,18H,4,6,8H2,1H3,(H,24,25,26). The van der Waals surface area contributed by atoms with Gasteiger partial charge in [-0.2, -0.15) is 0 Å². The zero-order chi connectivity index (χ0) is 18.2. The van der Waals surface area contributed by atoms with Crippen molar-refractivity contribution in [2.24, 2.45) is 0 Å². The first kappa shape index (κ1) is 16.4. The van der Waals surface area contributed by atoms with E-state index in [4.69, 9.17) is 0 Å². The summed E-state index contributed by atoms with van der Waals surface area (Å²) < 4.78 is 1.18. The molecule has 0 saturated carbocycles. The van der Waals surface area contributed by atoms with Gasteiger partial charge in [0.1, 0.15) is 11.6 Å². The van der Waals surface area contributed by atoms with Gasteiger partial charge in [0.25, 0.3) is 0 Å². The molecule has 27 heavy (non-hydrogen) atoms. The average Bonchev–Trinajstić information content (AvgIpc) is 3.16. The maximum Gasteiger partial charge on any atom is 0.130 e. The summed E-state index contributed by atoms with van der Waals surface area (Å²) in [5.74, 6) is 1.67. The van der Waals surface area contributed by atoms with Gasteiger partial charge < -0.3 is 5.32 Å². The van der Waals surface area contributed by atoms with E-state index in [1.807, 2.05) is 12.4 Å². The lowest BCUT2D eigenvalue weighted by atomic mass is 9.88. The number of benzene rings is 2. The molecule has 0 aliphatic heterocycles. The Hall–Kier alpha value is -2.79. The molecule has 4 aromatic rings. The first-order chi connectivity index (χ1) is 13.3. The molecule has 0 fully saturated rings. The number of rotatable bonds is 3. The van der Waals surface area contributed by atoms with Crippen LogP contribution in [0.25, 0.3) is 21.5 Å². The van der Waals surface area contributed by atoms with E-state index in [0.29, 0.717) is 6.04 Å². The van der Waals surface area contributed by atoms with Crippen molar-refractivity contribution in [3.63, 3.8) is 0 Å². The Kier molecular flexibility index (Phi) is 4.09. The van der Waals surface area contributed by atoms with E-state index in [1.165, 1.54) is 22.2 Å². The molecule has 2 aromatic heterocycles. The lowest BCUT2D eigenvalue weighted by molar-refractivity contribution is 0.598. The first-order valence-corrected chi connectivity index (χ1v) is 10.2. The number of aromatic nitrogens is 3. The van der Waals surface area contributed by atoms with E-state index in [-0.39, 0.29) is 0 Å². The van der Waals surface area contributed by atoms with Crippen molar-refractivity contribution in [3.05, 3.63) is 71.0 Å². The van der Waals surface area contributed by atoms with E-state index in [2.05, 4.69) is 68.8 Å². The second-order valence-corrected chi connectivity index (χ2v) is 7.89. The Morgan fingerprint density at radius 2 is 2.00 bits per heavy atom. The Bertz CT molecular complexity index is 1120. The third kappa shape index (κ3) is 3.19. The third-order valence-electron chi connectivity index (χ3n) is 5.16. The average molecular weight is 372 g/mol. The van der Waals surface area contributed by atoms with Crippen molar-refractivity contribution in [1.29, 1.82) is 0 Å². The Morgan fingerprint density at radius 1 is 1.07 bits per heavy atom. The largest absolute Gasteiger partial charge is 0.363 e. The van der Waals surface area contributed by atoms with Crippen LogP contribution in [-0.4, -0.2) is 15.0 Å². The fourth-order valence-corrected chi connectivity index (χ4v) is 4.60. The molecular formula is C22H20N4S. The van der Waals surface area contributed by atoms with E-state index in [9.17, 15) is 0 Å². The van der Waals surface area contributed by atoms with E-state index in [0.717, 1.165) is 41.3 Å². The number of nitrogens with one attached hydrogen (secondary N) is 1. The Balaban J connectivity index is 1.49. The van der Waals surface area contributed by atoms with Crippen LogP contribution < -0.4 is 5.32 Å². The zero-order valence-corrected chi connectivity index (χ0v) is 16.0. The normalized spacial score (nSPS) is 16.3. The lowest BCUT2D eigenvalue weighted by Crippen LogP contribution is -2.18. The summed E-state index contributed by atoms with van der Waals surface area (Å²) >= 11 is 1.66. The second kappa shape index (κ2) is 6.74. The van der Waals surface area contributed by atoms with Crippen molar-refractivity contribution >= 4 is 27.4 Å². The number of thiazole rings is 1. The Labute approximate surface area is 162 Å². The maximum absolute atomic E-state index is 4.67. The van der Waals surface area contributed by atoms with Crippen LogP contribution in [0.1, 0.15) is 35.8 Å². The van der Waals surface area contributed by atoms with Gasteiger partial charge in [0, 0.05) is 11.6 Å². The number of fused-ring (bicyclic) bond motifs is 2. The predicted molar refractivity (Wildman–Crippen MR) is 111 cm³/mol. The first-order valence-electron chi connectivity index (χ1n) is 9.30. The number of nitrogens with zero attached hydrogens (tertiary/aromatic N) is 3. The third-order valence-corrected chi connectivity index (χ3v) is 5.95. The maximum atomic E-state index is 4.67. The molecule has 1 N–H and O–H groups in total. The molecule has 2 aromatic carbocycles. The van der Waals surface area contributed by atoms with Gasteiger partial charge >= 0.3 is 0 Å². The number of anilines is 1. The van der Waals surface area contributed by atoms with Crippen LogP contribution in [0.4, 0.5) is 5.82 Å². The van der Waals surface area contributed by atoms with E-state index in [1.54, 1.807) is 11.3 Å². The predicted octanol–water partition coefficient (Wildman–Crippen LogP) is 5.55. The van der Waals surface area contributed by atoms with Crippen molar-refractivity contribution in [3.8, 4) is 11.3 Å². The van der Waals surface area contributed by atoms with Gasteiger partial charge in [-0.25, -0.2) is 15.0 Å². The smallest absolute Gasteiger partial charge is 0.130 e. The molecule has 4 nitrogen and oxygen atoms in total. The highest BCUT2D eigenvalue weighted by molar-refractivity contribution is 7.16. The molecule has 1 unspecified atom stereocenters. The molecule has 1 aliphatic carbocycles. The summed E-state index contributed by atoms with van der Waals surface area (Å²) in [6.45, 7) is 1.95. The van der Waals surface area contributed by atoms with Crippen molar-refractivity contribution < 1.29 is 0 Å². The second-order valence-electron chi connectivity index (χ2n) is 7.01. The minimum Gasteiger partial charge on any atom is -0.363 e. The molecule has 2 heterocycles. The molecule has 5 heteroatoms.